The first kappa shape index (κ1) is 90.1. The van der Waals surface area contributed by atoms with Crippen LogP contribution in [0.15, 0.2) is 129 Å². The molecule has 0 amide bonds. The van der Waals surface area contributed by atoms with E-state index in [-0.39, 0.29) is 69.3 Å². The third-order valence-electron chi connectivity index (χ3n) is 2.21. The number of rotatable bonds is 0. The van der Waals surface area contributed by atoms with Crippen molar-refractivity contribution < 1.29 is 10.3 Å². The van der Waals surface area contributed by atoms with Crippen LogP contribution in [0.3, 0.4) is 0 Å². The molecule has 0 bridgehead atoms. The average molecular weight is 677 g/mol. The lowest BCUT2D eigenvalue weighted by Gasteiger charge is -1.69. The first-order chi connectivity index (χ1) is 18.0. The number of hydrogen-bond acceptors (Lipinski definition) is 6. The van der Waals surface area contributed by atoms with Gasteiger partial charge in [-0.1, -0.05) is 177 Å². The summed E-state index contributed by atoms with van der Waals surface area (Å²) >= 11 is 3.31. The quantitative estimate of drug-likeness (QED) is 0.153. The average Bonchev–Trinajstić information content (AvgIpc) is 3.86. The Bertz CT molecular complexity index is 558. The Kier molecular flexibility index (Phi) is 248. The molecule has 0 aliphatic rings. The first-order valence-electron chi connectivity index (χ1n) is 12.6. The maximum absolute atomic E-state index is 4.58. The molecular formula is C38H84BN2O2S2. The molecule has 0 saturated heterocycles. The van der Waals surface area contributed by atoms with Crippen molar-refractivity contribution in [3.63, 3.8) is 0 Å². The molecule has 273 valence electrons. The van der Waals surface area contributed by atoms with Crippen LogP contribution in [0.2, 0.25) is 0 Å². The van der Waals surface area contributed by atoms with Crippen molar-refractivity contribution in [3.8, 4) is 0 Å². The molecule has 4 aromatic heterocycles. The summed E-state index contributed by atoms with van der Waals surface area (Å²) in [5.41, 5.74) is 1.79. The molecule has 0 aliphatic carbocycles. The predicted octanol–water partition coefficient (Wildman–Crippen LogP) is 16.6. The van der Waals surface area contributed by atoms with Crippen LogP contribution in [0.5, 0.6) is 0 Å². The summed E-state index contributed by atoms with van der Waals surface area (Å²) in [4.78, 5) is 7.30. The standard InChI is InChI=1S/C6H6.C4H4O.C4H4S.C3H3NO.C3H3NS.5C2H6.8CH4.B.H2/c1-2-4-6-5-3-1;2*1-2-4-5-3-1;2*1-2-5-3-4-1;5*1-2;;;;;;;;;;/h1-6H;2*1-4H;2*1-3H;5*1-2H3;8*1H4;;1H/i;;;;;;;;;;;;;;;;;;;1+1. The third-order valence-corrected chi connectivity index (χ3v) is 3.36. The van der Waals surface area contributed by atoms with Crippen LogP contribution in [-0.2, 0) is 0 Å². The largest absolute Gasteiger partial charge is 0.473 e. The SMILES string of the molecule is C.C.C.C.C.C.C.C.CC.CC.CC.CC.CC.[2HH].[B].c1ccccc1.c1ccoc1.c1ccsc1.c1cocn1.c1cscn1. The van der Waals surface area contributed by atoms with Crippen LogP contribution in [0.1, 0.15) is 130 Å². The molecule has 0 fully saturated rings. The van der Waals surface area contributed by atoms with Gasteiger partial charge in [-0.15, -0.1) is 11.3 Å². The Hall–Kier alpha value is -2.90. The molecule has 5 rings (SSSR count). The molecular weight excluding hydrogens is 591 g/mol. The van der Waals surface area contributed by atoms with Crippen molar-refractivity contribution in [1.29, 1.82) is 0 Å². The fourth-order valence-electron chi connectivity index (χ4n) is 1.19. The highest BCUT2D eigenvalue weighted by Gasteiger charge is 1.61. The molecule has 45 heavy (non-hydrogen) atoms. The number of nitrogens with zero attached hydrogens (tertiary/aromatic N) is 2. The van der Waals surface area contributed by atoms with Gasteiger partial charge >= 0.3 is 0 Å². The molecule has 0 atom stereocenters. The highest BCUT2D eigenvalue weighted by molar-refractivity contribution is 7.07. The number of thiazole rings is 1. The second-order valence-corrected chi connectivity index (χ2v) is 5.66. The Balaban J connectivity index is -0.0000000179. The molecule has 0 aliphatic heterocycles. The van der Waals surface area contributed by atoms with Crippen molar-refractivity contribution in [2.24, 2.45) is 0 Å². The summed E-state index contributed by atoms with van der Waals surface area (Å²) in [6, 6.07) is 19.7. The molecule has 0 unspecified atom stereocenters. The number of benzene rings is 1. The number of furan rings is 1. The van der Waals surface area contributed by atoms with Crippen LogP contribution >= 0.6 is 22.7 Å². The summed E-state index contributed by atoms with van der Waals surface area (Å²) in [5, 5.41) is 6.01. The van der Waals surface area contributed by atoms with E-state index in [4.69, 9.17) is 0 Å². The van der Waals surface area contributed by atoms with Gasteiger partial charge in [-0.2, -0.15) is 11.3 Å². The second-order valence-electron chi connectivity index (χ2n) is 4.09. The molecule has 0 spiro atoms. The topological polar surface area (TPSA) is 52.1 Å². The van der Waals surface area contributed by atoms with Crippen LogP contribution in [-0.4, -0.2) is 18.4 Å². The van der Waals surface area contributed by atoms with E-state index in [1.807, 2.05) is 146 Å². The summed E-state index contributed by atoms with van der Waals surface area (Å²) < 4.78 is 9.06. The minimum atomic E-state index is 0. The van der Waals surface area contributed by atoms with Gasteiger partial charge in [-0.25, -0.2) is 4.98 Å². The van der Waals surface area contributed by atoms with E-state index >= 15 is 0 Å². The molecule has 4 heterocycles. The second kappa shape index (κ2) is 124. The first-order valence-corrected chi connectivity index (χ1v) is 14.5. The monoisotopic (exact) mass is 677 g/mol. The molecule has 0 saturated carbocycles. The van der Waals surface area contributed by atoms with Gasteiger partial charge in [0.05, 0.1) is 24.2 Å². The molecule has 7 heteroatoms. The van der Waals surface area contributed by atoms with E-state index in [1.54, 1.807) is 53.1 Å². The zero-order chi connectivity index (χ0) is 28.4. The van der Waals surface area contributed by atoms with Crippen molar-refractivity contribution >= 4 is 31.1 Å². The molecule has 4 nitrogen and oxygen atoms in total. The van der Waals surface area contributed by atoms with E-state index in [9.17, 15) is 0 Å². The maximum Gasteiger partial charge on any atom is 0.180 e. The lowest BCUT2D eigenvalue weighted by Crippen LogP contribution is -1.47. The van der Waals surface area contributed by atoms with Gasteiger partial charge in [0.15, 0.2) is 6.39 Å². The van der Waals surface area contributed by atoms with Gasteiger partial charge in [-0.3, -0.25) is 4.98 Å². The minimum Gasteiger partial charge on any atom is -0.473 e. The number of aromatic nitrogens is 2. The van der Waals surface area contributed by atoms with Gasteiger partial charge in [0.25, 0.3) is 0 Å². The fraction of sp³-hybridized carbons (Fsp3) is 0.474. The summed E-state index contributed by atoms with van der Waals surface area (Å²) in [6.07, 6.45) is 9.49. The smallest absolute Gasteiger partial charge is 0.180 e. The van der Waals surface area contributed by atoms with Gasteiger partial charge in [0.2, 0.25) is 0 Å². The van der Waals surface area contributed by atoms with Crippen LogP contribution < -0.4 is 0 Å². The molecule has 1 aromatic carbocycles. The molecule has 0 N–H and O–H groups in total. The number of oxazole rings is 1. The van der Waals surface area contributed by atoms with Crippen LogP contribution in [0, 0.1) is 0 Å². The Morgan fingerprint density at radius 3 is 0.889 bits per heavy atom. The van der Waals surface area contributed by atoms with E-state index < -0.39 is 0 Å². The van der Waals surface area contributed by atoms with Gasteiger partial charge in [0, 0.05) is 21.4 Å². The minimum absolute atomic E-state index is 0. The summed E-state index contributed by atoms with van der Waals surface area (Å²) in [7, 11) is 0. The maximum atomic E-state index is 4.58. The lowest BCUT2D eigenvalue weighted by molar-refractivity contribution is 0.558. The van der Waals surface area contributed by atoms with E-state index in [1.165, 1.54) is 12.7 Å². The van der Waals surface area contributed by atoms with Gasteiger partial charge < -0.3 is 8.83 Å². The van der Waals surface area contributed by atoms with Crippen LogP contribution in [0.25, 0.3) is 0 Å². The lowest BCUT2D eigenvalue weighted by atomic mass is 10.4. The summed E-state index contributed by atoms with van der Waals surface area (Å²) in [6.45, 7) is 20.0. The highest BCUT2D eigenvalue weighted by atomic mass is 32.1. The van der Waals surface area contributed by atoms with Crippen molar-refractivity contribution in [1.82, 2.24) is 9.97 Å². The van der Waals surface area contributed by atoms with E-state index in [0.29, 0.717) is 0 Å². The Labute approximate surface area is 298 Å². The fourth-order valence-corrected chi connectivity index (χ4v) is 1.99. The van der Waals surface area contributed by atoms with Crippen molar-refractivity contribution in [3.05, 3.63) is 120 Å². The summed E-state index contributed by atoms with van der Waals surface area (Å²) in [5.74, 6) is 0. The normalized spacial score (nSPS) is 5.29. The van der Waals surface area contributed by atoms with Gasteiger partial charge in [-0.05, 0) is 22.9 Å². The molecule has 3 radical (unpaired) electrons. The van der Waals surface area contributed by atoms with Gasteiger partial charge in [0.1, 0.15) is 6.26 Å². The zero-order valence-electron chi connectivity index (χ0n) is 24.7. The van der Waals surface area contributed by atoms with Crippen molar-refractivity contribution in [2.75, 3.05) is 0 Å². The van der Waals surface area contributed by atoms with E-state index in [2.05, 4.69) is 18.8 Å². The highest BCUT2D eigenvalue weighted by Crippen LogP contribution is 1.91. The van der Waals surface area contributed by atoms with Crippen molar-refractivity contribution in [2.45, 2.75) is 129 Å². The third kappa shape index (κ3) is 118. The predicted molar refractivity (Wildman–Crippen MR) is 227 cm³/mol. The number of hydrogen-bond donors (Lipinski definition) is 0. The molecule has 5 aromatic rings. The Morgan fingerprint density at radius 2 is 0.778 bits per heavy atom. The zero-order valence-corrected chi connectivity index (χ0v) is 26.3. The number of thiophene rings is 1. The Morgan fingerprint density at radius 1 is 0.400 bits per heavy atom. The van der Waals surface area contributed by atoms with Crippen LogP contribution in [0.4, 0.5) is 0 Å². The van der Waals surface area contributed by atoms with E-state index in [0.717, 1.165) is 0 Å².